The molecule has 0 aliphatic heterocycles. The Hall–Kier alpha value is -1.32. The van der Waals surface area contributed by atoms with Crippen molar-refractivity contribution >= 4 is 30.1 Å². The molecule has 0 amide bonds. The first-order valence-corrected chi connectivity index (χ1v) is 6.97. The van der Waals surface area contributed by atoms with Crippen molar-refractivity contribution in [2.75, 3.05) is 0 Å². The molecule has 0 radical (unpaired) electrons. The Morgan fingerprint density at radius 1 is 1.53 bits per heavy atom. The van der Waals surface area contributed by atoms with E-state index in [2.05, 4.69) is 16.4 Å². The number of nitrogens with zero attached hydrogens (tertiary/aromatic N) is 3. The summed E-state index contributed by atoms with van der Waals surface area (Å²) in [5, 5.41) is 22.1. The van der Waals surface area contributed by atoms with Crippen molar-refractivity contribution in [2.24, 2.45) is 5.22 Å². The molecule has 74 valence electrons. The highest BCUT2D eigenvalue weighted by atomic mass is 127. The third kappa shape index (κ3) is 2.58. The van der Waals surface area contributed by atoms with Crippen LogP contribution in [0.5, 0.6) is 0 Å². The molecule has 0 aliphatic carbocycles. The Labute approximate surface area is 102 Å². The van der Waals surface area contributed by atoms with Gasteiger partial charge in [0.05, 0.1) is 5.56 Å². The Morgan fingerprint density at radius 2 is 2.27 bits per heavy atom. The van der Waals surface area contributed by atoms with Crippen LogP contribution in [-0.2, 0) is 0 Å². The van der Waals surface area contributed by atoms with Crippen LogP contribution < -0.4 is 5.49 Å². The van der Waals surface area contributed by atoms with Crippen molar-refractivity contribution in [2.45, 2.75) is 0 Å². The Bertz CT molecular complexity index is 545. The van der Waals surface area contributed by atoms with Gasteiger partial charge < -0.3 is 0 Å². The zero-order valence-electron chi connectivity index (χ0n) is 7.28. The molecule has 0 aliphatic rings. The first kappa shape index (κ1) is 11.8. The van der Waals surface area contributed by atoms with E-state index in [1.54, 1.807) is 6.07 Å². The van der Waals surface area contributed by atoms with Crippen LogP contribution in [0.4, 0.5) is 0 Å². The van der Waals surface area contributed by atoms with E-state index in [0.29, 0.717) is 5.69 Å². The zero-order chi connectivity index (χ0) is 11.3. The molecule has 0 fully saturated rings. The lowest BCUT2D eigenvalue weighted by Crippen LogP contribution is -2.20. The van der Waals surface area contributed by atoms with Gasteiger partial charge in [0.1, 0.15) is 11.8 Å². The summed E-state index contributed by atoms with van der Waals surface area (Å²) in [5.74, 6) is 2.73. The van der Waals surface area contributed by atoms with E-state index in [-0.39, 0.29) is 11.1 Å². The number of nitrogens with one attached hydrogen (secondary N) is 2. The maximum Gasteiger partial charge on any atom is 0.167 e. The number of aromatic nitrogens is 1. The lowest BCUT2D eigenvalue weighted by Gasteiger charge is -2.01. The van der Waals surface area contributed by atoms with Crippen LogP contribution in [0.2, 0.25) is 0 Å². The topological polar surface area (TPSA) is 88.8 Å². The van der Waals surface area contributed by atoms with Gasteiger partial charge in [-0.2, -0.15) is 15.5 Å². The van der Waals surface area contributed by atoms with Crippen LogP contribution in [0.15, 0.2) is 17.4 Å². The fourth-order valence-corrected chi connectivity index (χ4v) is 1.38. The number of nitriles is 1. The molecule has 1 aromatic rings. The van der Waals surface area contributed by atoms with Crippen molar-refractivity contribution < 1.29 is 0 Å². The summed E-state index contributed by atoms with van der Waals surface area (Å²) < 4.78 is 1.01. The summed E-state index contributed by atoms with van der Waals surface area (Å²) >= 11 is 2.02. The molecule has 0 saturated carbocycles. The second-order valence-corrected chi connectivity index (χ2v) is 3.99. The van der Waals surface area contributed by atoms with Gasteiger partial charge in [-0.3, -0.25) is 5.41 Å². The van der Waals surface area contributed by atoms with Crippen molar-refractivity contribution in [1.29, 1.82) is 16.2 Å². The van der Waals surface area contributed by atoms with E-state index < -0.39 is 0 Å². The normalized spacial score (nSPS) is 8.53. The van der Waals surface area contributed by atoms with Crippen LogP contribution in [-0.4, -0.2) is 4.68 Å². The summed E-state index contributed by atoms with van der Waals surface area (Å²) in [6, 6.07) is 4.90. The third-order valence-corrected chi connectivity index (χ3v) is 2.38. The highest BCUT2D eigenvalue weighted by Crippen LogP contribution is 2.08. The summed E-state index contributed by atoms with van der Waals surface area (Å²) in [4.78, 5) is 0. The Kier molecular flexibility index (Phi) is 4.34. The standard InChI is InChI=1S/C8H4IN5S/c9-15-4-3-7-2-1-6(5-10)8(11)14(7)13-12/h1-2,11-12H. The highest BCUT2D eigenvalue weighted by molar-refractivity contribution is 14.2. The van der Waals surface area contributed by atoms with E-state index in [0.717, 1.165) is 4.68 Å². The average molecular weight is 329 g/mol. The molecule has 0 aromatic carbocycles. The molecular weight excluding hydrogens is 325 g/mol. The number of hydrogen-bond acceptors (Lipinski definition) is 5. The van der Waals surface area contributed by atoms with Crippen LogP contribution in [0.1, 0.15) is 11.3 Å². The molecule has 2 N–H and O–H groups in total. The van der Waals surface area contributed by atoms with Crippen LogP contribution in [0.25, 0.3) is 0 Å². The van der Waals surface area contributed by atoms with Crippen molar-refractivity contribution in [3.63, 3.8) is 0 Å². The van der Waals surface area contributed by atoms with Gasteiger partial charge in [-0.1, -0.05) is 5.22 Å². The van der Waals surface area contributed by atoms with E-state index in [4.69, 9.17) is 16.2 Å². The zero-order valence-corrected chi connectivity index (χ0v) is 10.3. The molecule has 1 rings (SSSR count). The van der Waals surface area contributed by atoms with Gasteiger partial charge in [-0.25, -0.2) is 0 Å². The van der Waals surface area contributed by atoms with Crippen LogP contribution >= 0.6 is 30.1 Å². The van der Waals surface area contributed by atoms with Gasteiger partial charge in [0.2, 0.25) is 0 Å². The predicted octanol–water partition coefficient (Wildman–Crippen LogP) is 2.03. The van der Waals surface area contributed by atoms with E-state index >= 15 is 0 Å². The molecular formula is C8H4IN5S. The molecule has 0 atom stereocenters. The summed E-state index contributed by atoms with van der Waals surface area (Å²) in [5.41, 5.74) is 7.37. The lowest BCUT2D eigenvalue weighted by atomic mass is 10.2. The van der Waals surface area contributed by atoms with E-state index in [9.17, 15) is 0 Å². The number of pyridine rings is 1. The number of hydrogen-bond donors (Lipinski definition) is 2. The maximum atomic E-state index is 8.68. The Balaban J connectivity index is 3.46. The second kappa shape index (κ2) is 5.53. The summed E-state index contributed by atoms with van der Waals surface area (Å²) in [6.45, 7) is 0. The summed E-state index contributed by atoms with van der Waals surface area (Å²) in [7, 11) is 1.30. The van der Waals surface area contributed by atoms with E-state index in [1.807, 2.05) is 27.3 Å². The minimum absolute atomic E-state index is 0.127. The molecule has 0 spiro atoms. The monoisotopic (exact) mass is 329 g/mol. The van der Waals surface area contributed by atoms with Gasteiger partial charge in [0.15, 0.2) is 5.49 Å². The van der Waals surface area contributed by atoms with Crippen LogP contribution in [0.3, 0.4) is 0 Å². The minimum atomic E-state index is -0.127. The molecule has 5 nitrogen and oxygen atoms in total. The van der Waals surface area contributed by atoms with Gasteiger partial charge in [0, 0.05) is 21.2 Å². The average Bonchev–Trinajstić information content (AvgIpc) is 2.26. The summed E-state index contributed by atoms with van der Waals surface area (Å²) in [6.07, 6.45) is 0. The largest absolute Gasteiger partial charge is 0.282 e. The lowest BCUT2D eigenvalue weighted by molar-refractivity contribution is 0.696. The fourth-order valence-electron chi connectivity index (χ4n) is 0.907. The first-order valence-electron chi connectivity index (χ1n) is 3.61. The predicted molar refractivity (Wildman–Crippen MR) is 64.0 cm³/mol. The fraction of sp³-hybridized carbons (Fsp3) is 0. The smallest absolute Gasteiger partial charge is 0.167 e. The SMILES string of the molecule is N#Cc1ccc(C#CSI)n(N=N)c1=N. The van der Waals surface area contributed by atoms with Gasteiger partial charge in [-0.05, 0) is 32.2 Å². The van der Waals surface area contributed by atoms with Crippen molar-refractivity contribution in [3.8, 4) is 17.2 Å². The molecule has 15 heavy (non-hydrogen) atoms. The second-order valence-electron chi connectivity index (χ2n) is 2.31. The number of halogens is 1. The Morgan fingerprint density at radius 3 is 2.80 bits per heavy atom. The van der Waals surface area contributed by atoms with Gasteiger partial charge in [-0.15, -0.1) is 0 Å². The third-order valence-electron chi connectivity index (χ3n) is 1.54. The quantitative estimate of drug-likeness (QED) is 0.469. The molecule has 0 saturated heterocycles. The molecule has 0 unspecified atom stereocenters. The van der Waals surface area contributed by atoms with Crippen molar-refractivity contribution in [3.05, 3.63) is 28.9 Å². The molecule has 1 aromatic heterocycles. The van der Waals surface area contributed by atoms with Crippen LogP contribution in [0, 0.1) is 33.4 Å². The van der Waals surface area contributed by atoms with E-state index in [1.165, 1.54) is 15.0 Å². The molecule has 0 bridgehead atoms. The first-order chi connectivity index (χ1) is 7.24. The van der Waals surface area contributed by atoms with Crippen molar-refractivity contribution in [1.82, 2.24) is 4.68 Å². The molecule has 1 heterocycles. The molecule has 7 heteroatoms. The maximum absolute atomic E-state index is 8.68. The van der Waals surface area contributed by atoms with Gasteiger partial charge >= 0.3 is 0 Å². The van der Waals surface area contributed by atoms with Gasteiger partial charge in [0.25, 0.3) is 0 Å². The number of rotatable bonds is 1. The highest BCUT2D eigenvalue weighted by Gasteiger charge is 2.02. The minimum Gasteiger partial charge on any atom is -0.282 e.